The van der Waals surface area contributed by atoms with Crippen molar-refractivity contribution in [3.05, 3.63) is 0 Å². The summed E-state index contributed by atoms with van der Waals surface area (Å²) in [7, 11) is 0. The Balaban J connectivity index is 2.44. The van der Waals surface area contributed by atoms with Crippen molar-refractivity contribution in [1.82, 2.24) is 0 Å². The van der Waals surface area contributed by atoms with E-state index < -0.39 is 18.1 Å². The number of carbonyl (C=O) groups excluding carboxylic acids is 1. The lowest BCUT2D eigenvalue weighted by Gasteiger charge is -2.15. The molecule has 1 nitrogen and oxygen atoms in total. The van der Waals surface area contributed by atoms with E-state index >= 15 is 0 Å². The standard InChI is InChI=1S/C6H8F2O/c7-4-1-2-5(8)6(9)3-4/h4-5H,1-3H2. The monoisotopic (exact) mass is 134 g/mol. The first-order valence-corrected chi connectivity index (χ1v) is 3.01. The first kappa shape index (κ1) is 6.65. The summed E-state index contributed by atoms with van der Waals surface area (Å²) in [6.45, 7) is 0. The van der Waals surface area contributed by atoms with Crippen LogP contribution in [0.15, 0.2) is 0 Å². The highest BCUT2D eigenvalue weighted by molar-refractivity contribution is 5.84. The van der Waals surface area contributed by atoms with Crippen molar-refractivity contribution >= 4 is 5.78 Å². The van der Waals surface area contributed by atoms with Crippen LogP contribution in [0.1, 0.15) is 19.3 Å². The van der Waals surface area contributed by atoms with Gasteiger partial charge in [-0.2, -0.15) is 0 Å². The summed E-state index contributed by atoms with van der Waals surface area (Å²) in [5.74, 6) is -0.575. The molecule has 1 aliphatic carbocycles. The molecule has 0 N–H and O–H groups in total. The molecule has 0 spiro atoms. The Bertz CT molecular complexity index is 124. The Hall–Kier alpha value is -0.470. The SMILES string of the molecule is O=C1CC(F)CCC1F. The molecular formula is C6H8F2O. The van der Waals surface area contributed by atoms with E-state index in [1.54, 1.807) is 0 Å². The molecule has 3 heteroatoms. The van der Waals surface area contributed by atoms with Crippen molar-refractivity contribution in [2.24, 2.45) is 0 Å². The molecule has 0 aromatic rings. The number of hydrogen-bond acceptors (Lipinski definition) is 1. The fourth-order valence-electron chi connectivity index (χ4n) is 0.936. The summed E-state index contributed by atoms with van der Waals surface area (Å²) >= 11 is 0. The van der Waals surface area contributed by atoms with Crippen LogP contribution >= 0.6 is 0 Å². The van der Waals surface area contributed by atoms with Gasteiger partial charge in [0.2, 0.25) is 0 Å². The van der Waals surface area contributed by atoms with Crippen molar-refractivity contribution in [2.45, 2.75) is 31.6 Å². The van der Waals surface area contributed by atoms with Gasteiger partial charge in [-0.15, -0.1) is 0 Å². The normalized spacial score (nSPS) is 36.9. The zero-order chi connectivity index (χ0) is 6.85. The summed E-state index contributed by atoms with van der Waals surface area (Å²) in [6, 6.07) is 0. The molecule has 2 atom stereocenters. The molecular weight excluding hydrogens is 126 g/mol. The number of halogens is 2. The van der Waals surface area contributed by atoms with Gasteiger partial charge in [-0.05, 0) is 12.8 Å². The van der Waals surface area contributed by atoms with Crippen molar-refractivity contribution in [3.8, 4) is 0 Å². The fraction of sp³-hybridized carbons (Fsp3) is 0.833. The molecule has 0 aromatic carbocycles. The Morgan fingerprint density at radius 3 is 2.44 bits per heavy atom. The summed E-state index contributed by atoms with van der Waals surface area (Å²) in [5, 5.41) is 0. The van der Waals surface area contributed by atoms with Gasteiger partial charge < -0.3 is 0 Å². The van der Waals surface area contributed by atoms with Crippen LogP contribution in [0.4, 0.5) is 8.78 Å². The first-order valence-electron chi connectivity index (χ1n) is 3.01. The Kier molecular flexibility index (Phi) is 1.78. The van der Waals surface area contributed by atoms with E-state index in [-0.39, 0.29) is 19.3 Å². The van der Waals surface area contributed by atoms with Gasteiger partial charge in [0.15, 0.2) is 12.0 Å². The quantitative estimate of drug-likeness (QED) is 0.489. The van der Waals surface area contributed by atoms with E-state index in [0.717, 1.165) is 0 Å². The molecule has 1 saturated carbocycles. The Labute approximate surface area is 52.1 Å². The molecule has 0 amide bonds. The van der Waals surface area contributed by atoms with Crippen molar-refractivity contribution in [1.29, 1.82) is 0 Å². The second kappa shape index (κ2) is 2.42. The molecule has 0 heterocycles. The van der Waals surface area contributed by atoms with Crippen molar-refractivity contribution in [2.75, 3.05) is 0 Å². The molecule has 1 aliphatic rings. The average molecular weight is 134 g/mol. The van der Waals surface area contributed by atoms with Crippen LogP contribution in [0.3, 0.4) is 0 Å². The molecule has 0 saturated heterocycles. The minimum absolute atomic E-state index is 0.0694. The Morgan fingerprint density at radius 1 is 1.33 bits per heavy atom. The summed E-state index contributed by atoms with van der Waals surface area (Å²) in [5.41, 5.74) is 0. The maximum Gasteiger partial charge on any atom is 0.169 e. The predicted molar refractivity (Wildman–Crippen MR) is 28.6 cm³/mol. The van der Waals surface area contributed by atoms with Crippen molar-refractivity contribution in [3.63, 3.8) is 0 Å². The topological polar surface area (TPSA) is 17.1 Å². The zero-order valence-electron chi connectivity index (χ0n) is 4.94. The van der Waals surface area contributed by atoms with Gasteiger partial charge in [0.05, 0.1) is 0 Å². The second-order valence-corrected chi connectivity index (χ2v) is 2.31. The first-order chi connectivity index (χ1) is 4.20. The highest BCUT2D eigenvalue weighted by atomic mass is 19.1. The van der Waals surface area contributed by atoms with Crippen LogP contribution in [0.2, 0.25) is 0 Å². The Morgan fingerprint density at radius 2 is 2.00 bits per heavy atom. The van der Waals surface area contributed by atoms with Gasteiger partial charge in [0.25, 0.3) is 0 Å². The van der Waals surface area contributed by atoms with E-state index in [9.17, 15) is 13.6 Å². The highest BCUT2D eigenvalue weighted by Crippen LogP contribution is 2.19. The van der Waals surface area contributed by atoms with Gasteiger partial charge in [-0.3, -0.25) is 4.79 Å². The molecule has 0 radical (unpaired) electrons. The predicted octanol–water partition coefficient (Wildman–Crippen LogP) is 1.42. The summed E-state index contributed by atoms with van der Waals surface area (Å²) in [4.78, 5) is 10.4. The van der Waals surface area contributed by atoms with Crippen molar-refractivity contribution < 1.29 is 13.6 Å². The fourth-order valence-corrected chi connectivity index (χ4v) is 0.936. The molecule has 0 bridgehead atoms. The lowest BCUT2D eigenvalue weighted by molar-refractivity contribution is -0.127. The minimum Gasteiger partial charge on any atom is -0.296 e. The van der Waals surface area contributed by atoms with Crippen LogP contribution in [-0.4, -0.2) is 18.1 Å². The number of ketones is 1. The third kappa shape index (κ3) is 1.47. The van der Waals surface area contributed by atoms with E-state index in [0.29, 0.717) is 0 Å². The molecule has 1 rings (SSSR count). The molecule has 52 valence electrons. The molecule has 2 unspecified atom stereocenters. The molecule has 9 heavy (non-hydrogen) atoms. The number of carbonyl (C=O) groups is 1. The largest absolute Gasteiger partial charge is 0.296 e. The third-order valence-electron chi connectivity index (χ3n) is 1.51. The number of Topliss-reactive ketones (excluding diaryl/α,β-unsaturated/α-hetero) is 1. The maximum atomic E-state index is 12.2. The van der Waals surface area contributed by atoms with E-state index in [1.165, 1.54) is 0 Å². The molecule has 0 aromatic heterocycles. The van der Waals surface area contributed by atoms with Gasteiger partial charge in [-0.1, -0.05) is 0 Å². The van der Waals surface area contributed by atoms with Crippen LogP contribution < -0.4 is 0 Å². The van der Waals surface area contributed by atoms with Gasteiger partial charge in [0.1, 0.15) is 6.17 Å². The minimum atomic E-state index is -1.39. The smallest absolute Gasteiger partial charge is 0.169 e. The van der Waals surface area contributed by atoms with Crippen LogP contribution in [0.5, 0.6) is 0 Å². The summed E-state index contributed by atoms with van der Waals surface area (Å²) in [6.07, 6.45) is -2.44. The van der Waals surface area contributed by atoms with Gasteiger partial charge in [-0.25, -0.2) is 8.78 Å². The van der Waals surface area contributed by atoms with Crippen LogP contribution in [0, 0.1) is 0 Å². The number of rotatable bonds is 0. The number of alkyl halides is 2. The van der Waals surface area contributed by atoms with Gasteiger partial charge >= 0.3 is 0 Å². The van der Waals surface area contributed by atoms with Crippen LogP contribution in [-0.2, 0) is 4.79 Å². The lowest BCUT2D eigenvalue weighted by Crippen LogP contribution is -2.26. The van der Waals surface area contributed by atoms with Gasteiger partial charge in [0, 0.05) is 6.42 Å². The lowest BCUT2D eigenvalue weighted by atomic mass is 9.96. The third-order valence-corrected chi connectivity index (χ3v) is 1.51. The van der Waals surface area contributed by atoms with E-state index in [1.807, 2.05) is 0 Å². The highest BCUT2D eigenvalue weighted by Gasteiger charge is 2.27. The van der Waals surface area contributed by atoms with Crippen LogP contribution in [0.25, 0.3) is 0 Å². The maximum absolute atomic E-state index is 12.2. The second-order valence-electron chi connectivity index (χ2n) is 2.31. The summed E-state index contributed by atoms with van der Waals surface area (Å²) < 4.78 is 24.5. The van der Waals surface area contributed by atoms with E-state index in [4.69, 9.17) is 0 Å². The zero-order valence-corrected chi connectivity index (χ0v) is 4.94. The average Bonchev–Trinajstić information content (AvgIpc) is 1.80. The number of hydrogen-bond donors (Lipinski definition) is 0. The molecule has 1 fully saturated rings. The molecule has 0 aliphatic heterocycles. The van der Waals surface area contributed by atoms with E-state index in [2.05, 4.69) is 0 Å².